The van der Waals surface area contributed by atoms with Gasteiger partial charge in [0.15, 0.2) is 0 Å². The highest BCUT2D eigenvalue weighted by Crippen LogP contribution is 2.11. The van der Waals surface area contributed by atoms with Gasteiger partial charge in [0.05, 0.1) is 18.3 Å². The second kappa shape index (κ2) is 3.78. The predicted molar refractivity (Wildman–Crippen MR) is 48.0 cm³/mol. The third-order valence-electron chi connectivity index (χ3n) is 1.58. The zero-order chi connectivity index (χ0) is 9.90. The van der Waals surface area contributed by atoms with E-state index < -0.39 is 10.1 Å². The van der Waals surface area contributed by atoms with Crippen molar-refractivity contribution in [2.24, 2.45) is 0 Å². The van der Waals surface area contributed by atoms with Gasteiger partial charge in [-0.2, -0.15) is 8.42 Å². The molecule has 0 N–H and O–H groups in total. The Labute approximate surface area is 77.5 Å². The highest BCUT2D eigenvalue weighted by atomic mass is 32.2. The van der Waals surface area contributed by atoms with E-state index in [-0.39, 0.29) is 11.6 Å². The number of rotatable bonds is 4. The summed E-state index contributed by atoms with van der Waals surface area (Å²) in [5.74, 6) is 0.228. The first-order valence-electron chi connectivity index (χ1n) is 4.01. The first kappa shape index (κ1) is 10.0. The first-order valence-corrected chi connectivity index (χ1v) is 5.59. The van der Waals surface area contributed by atoms with Crippen LogP contribution in [0, 0.1) is 0 Å². The van der Waals surface area contributed by atoms with Gasteiger partial charge in [-0.15, -0.1) is 0 Å². The third-order valence-corrected chi connectivity index (χ3v) is 2.71. The van der Waals surface area contributed by atoms with Crippen LogP contribution in [0.4, 0.5) is 0 Å². The second-order valence-electron chi connectivity index (χ2n) is 2.45. The van der Waals surface area contributed by atoms with E-state index in [1.807, 2.05) is 6.92 Å². The molecule has 0 aliphatic carbocycles. The van der Waals surface area contributed by atoms with Gasteiger partial charge < -0.3 is 8.75 Å². The van der Waals surface area contributed by atoms with Gasteiger partial charge >= 0.3 is 10.1 Å². The van der Waals surface area contributed by atoms with Crippen molar-refractivity contribution in [1.82, 2.24) is 9.55 Å². The van der Waals surface area contributed by atoms with Crippen LogP contribution in [0.15, 0.2) is 12.5 Å². The number of aryl methyl sites for hydroxylation is 1. The Morgan fingerprint density at radius 1 is 1.54 bits per heavy atom. The fourth-order valence-electron chi connectivity index (χ4n) is 0.805. The van der Waals surface area contributed by atoms with Crippen molar-refractivity contribution in [1.29, 1.82) is 0 Å². The molecular formula is C7H12N2O3S. The molecule has 0 radical (unpaired) electrons. The highest BCUT2D eigenvalue weighted by molar-refractivity contribution is 7.87. The molecule has 1 aromatic heterocycles. The van der Waals surface area contributed by atoms with Crippen LogP contribution < -0.4 is 4.18 Å². The lowest BCUT2D eigenvalue weighted by atomic mass is 10.7. The van der Waals surface area contributed by atoms with Crippen LogP contribution in [0.25, 0.3) is 0 Å². The standard InChI is InChI=1S/C7H12N2O3S/c1-3-9-6-8-5-7(9)12-13(10,11)4-2/h5-6H,3-4H2,1-2H3. The molecule has 6 heteroatoms. The molecule has 0 spiro atoms. The topological polar surface area (TPSA) is 61.2 Å². The van der Waals surface area contributed by atoms with E-state index in [2.05, 4.69) is 4.98 Å². The zero-order valence-electron chi connectivity index (χ0n) is 7.60. The summed E-state index contributed by atoms with van der Waals surface area (Å²) in [7, 11) is -3.44. The van der Waals surface area contributed by atoms with Crippen LogP contribution in [0.2, 0.25) is 0 Å². The van der Waals surface area contributed by atoms with Crippen molar-refractivity contribution in [2.45, 2.75) is 20.4 Å². The summed E-state index contributed by atoms with van der Waals surface area (Å²) in [4.78, 5) is 3.78. The highest BCUT2D eigenvalue weighted by Gasteiger charge is 2.11. The smallest absolute Gasteiger partial charge is 0.310 e. The molecular weight excluding hydrogens is 192 g/mol. The Balaban J connectivity index is 2.86. The lowest BCUT2D eigenvalue weighted by molar-refractivity contribution is 0.458. The van der Waals surface area contributed by atoms with Gasteiger partial charge in [0.25, 0.3) is 0 Å². The Morgan fingerprint density at radius 3 is 2.77 bits per heavy atom. The predicted octanol–water partition coefficient (Wildman–Crippen LogP) is 0.631. The van der Waals surface area contributed by atoms with E-state index in [0.29, 0.717) is 6.54 Å². The van der Waals surface area contributed by atoms with Gasteiger partial charge in [-0.3, -0.25) is 0 Å². The molecule has 13 heavy (non-hydrogen) atoms. The second-order valence-corrected chi connectivity index (χ2v) is 4.31. The van der Waals surface area contributed by atoms with Crippen molar-refractivity contribution < 1.29 is 12.6 Å². The monoisotopic (exact) mass is 204 g/mol. The SMILES string of the molecule is CCn1cncc1OS(=O)(=O)CC. The van der Waals surface area contributed by atoms with Crippen LogP contribution >= 0.6 is 0 Å². The van der Waals surface area contributed by atoms with Crippen LogP contribution in [0.1, 0.15) is 13.8 Å². The minimum absolute atomic E-state index is 0.0398. The Hall–Kier alpha value is -1.04. The summed E-state index contributed by atoms with van der Waals surface area (Å²) in [6, 6.07) is 0. The first-order chi connectivity index (χ1) is 6.09. The summed E-state index contributed by atoms with van der Waals surface area (Å²) >= 11 is 0. The van der Waals surface area contributed by atoms with E-state index in [1.54, 1.807) is 4.57 Å². The van der Waals surface area contributed by atoms with Crippen LogP contribution in [0.3, 0.4) is 0 Å². The molecule has 0 aromatic carbocycles. The van der Waals surface area contributed by atoms with Crippen molar-refractivity contribution in [3.8, 4) is 5.88 Å². The minimum atomic E-state index is -3.44. The number of hydrogen-bond acceptors (Lipinski definition) is 4. The maximum absolute atomic E-state index is 11.1. The molecule has 1 aromatic rings. The van der Waals surface area contributed by atoms with E-state index in [4.69, 9.17) is 4.18 Å². The van der Waals surface area contributed by atoms with Crippen molar-refractivity contribution in [3.63, 3.8) is 0 Å². The molecule has 1 rings (SSSR count). The van der Waals surface area contributed by atoms with Gasteiger partial charge in [-0.25, -0.2) is 4.98 Å². The summed E-state index contributed by atoms with van der Waals surface area (Å²) in [6.45, 7) is 4.05. The van der Waals surface area contributed by atoms with Crippen molar-refractivity contribution in [3.05, 3.63) is 12.5 Å². The quantitative estimate of drug-likeness (QED) is 0.675. The molecule has 0 unspecified atom stereocenters. The number of imidazole rings is 1. The molecule has 0 fully saturated rings. The molecule has 0 atom stereocenters. The largest absolute Gasteiger partial charge is 0.362 e. The Bertz CT molecular complexity index is 369. The summed E-state index contributed by atoms with van der Waals surface area (Å²) in [5, 5.41) is 0. The van der Waals surface area contributed by atoms with E-state index in [0.717, 1.165) is 0 Å². The van der Waals surface area contributed by atoms with E-state index in [9.17, 15) is 8.42 Å². The van der Waals surface area contributed by atoms with E-state index in [1.165, 1.54) is 19.4 Å². The van der Waals surface area contributed by atoms with Gasteiger partial charge in [-0.1, -0.05) is 0 Å². The third kappa shape index (κ3) is 2.45. The molecule has 1 heterocycles. The van der Waals surface area contributed by atoms with Crippen LogP contribution in [-0.4, -0.2) is 23.7 Å². The Morgan fingerprint density at radius 2 is 2.23 bits per heavy atom. The normalized spacial score (nSPS) is 11.5. The lowest BCUT2D eigenvalue weighted by Crippen LogP contribution is -2.13. The zero-order valence-corrected chi connectivity index (χ0v) is 8.41. The number of hydrogen-bond donors (Lipinski definition) is 0. The van der Waals surface area contributed by atoms with Gasteiger partial charge in [-0.05, 0) is 13.8 Å². The molecule has 0 aliphatic rings. The fraction of sp³-hybridized carbons (Fsp3) is 0.571. The molecule has 0 bridgehead atoms. The number of nitrogens with zero attached hydrogens (tertiary/aromatic N) is 2. The maximum atomic E-state index is 11.1. The molecule has 0 saturated heterocycles. The van der Waals surface area contributed by atoms with E-state index >= 15 is 0 Å². The van der Waals surface area contributed by atoms with Gasteiger partial charge in [0, 0.05) is 6.54 Å². The molecule has 74 valence electrons. The molecule has 5 nitrogen and oxygen atoms in total. The lowest BCUT2D eigenvalue weighted by Gasteiger charge is -2.05. The summed E-state index contributed by atoms with van der Waals surface area (Å²) in [6.07, 6.45) is 2.91. The maximum Gasteiger partial charge on any atom is 0.310 e. The average Bonchev–Trinajstić information content (AvgIpc) is 2.51. The number of aromatic nitrogens is 2. The summed E-state index contributed by atoms with van der Waals surface area (Å²) < 4.78 is 28.5. The average molecular weight is 204 g/mol. The fourth-order valence-corrected chi connectivity index (χ4v) is 1.32. The van der Waals surface area contributed by atoms with Crippen molar-refractivity contribution >= 4 is 10.1 Å². The van der Waals surface area contributed by atoms with Crippen molar-refractivity contribution in [2.75, 3.05) is 5.75 Å². The molecule has 0 saturated carbocycles. The van der Waals surface area contributed by atoms with Crippen LogP contribution in [-0.2, 0) is 16.7 Å². The van der Waals surface area contributed by atoms with Gasteiger partial charge in [0.2, 0.25) is 5.88 Å². The summed E-state index contributed by atoms with van der Waals surface area (Å²) in [5.41, 5.74) is 0. The molecule has 0 amide bonds. The van der Waals surface area contributed by atoms with Crippen LogP contribution in [0.5, 0.6) is 5.88 Å². The van der Waals surface area contributed by atoms with Gasteiger partial charge in [0.1, 0.15) is 0 Å². The minimum Gasteiger partial charge on any atom is -0.362 e. The molecule has 0 aliphatic heterocycles. The Kier molecular flexibility index (Phi) is 2.92.